The second-order valence-electron chi connectivity index (χ2n) is 3.61. The van der Waals surface area contributed by atoms with Crippen LogP contribution >= 0.6 is 11.8 Å². The van der Waals surface area contributed by atoms with Crippen molar-refractivity contribution in [3.8, 4) is 6.07 Å². The van der Waals surface area contributed by atoms with Crippen molar-refractivity contribution in [2.24, 2.45) is 0 Å². The maximum absolute atomic E-state index is 13.0. The summed E-state index contributed by atoms with van der Waals surface area (Å²) in [5.41, 5.74) is 0.840. The zero-order valence-corrected chi connectivity index (χ0v) is 10.9. The maximum atomic E-state index is 13.0. The minimum Gasteiger partial charge on any atom is -0.229 e. The summed E-state index contributed by atoms with van der Waals surface area (Å²) in [6.45, 7) is 0. The average Bonchev–Trinajstić information content (AvgIpc) is 2.25. The van der Waals surface area contributed by atoms with Crippen molar-refractivity contribution in [2.45, 2.75) is 5.75 Å². The molecule has 0 bridgehead atoms. The molecule has 0 N–H and O–H groups in total. The topological polar surface area (TPSA) is 57.9 Å². The molecule has 0 fully saturated rings. The summed E-state index contributed by atoms with van der Waals surface area (Å²) >= 11 is 1.45. The monoisotopic (exact) mass is 273 g/mol. The van der Waals surface area contributed by atoms with E-state index in [1.54, 1.807) is 12.1 Å². The van der Waals surface area contributed by atoms with Gasteiger partial charge in [0.2, 0.25) is 0 Å². The molecule has 17 heavy (non-hydrogen) atoms. The highest BCUT2D eigenvalue weighted by atomic mass is 32.2. The molecule has 6 heteroatoms. The van der Waals surface area contributed by atoms with E-state index in [1.807, 2.05) is 0 Å². The Morgan fingerprint density at radius 3 is 2.76 bits per heavy atom. The van der Waals surface area contributed by atoms with Crippen LogP contribution in [0.5, 0.6) is 0 Å². The van der Waals surface area contributed by atoms with Crippen LogP contribution in [-0.2, 0) is 15.6 Å². The molecule has 1 rings (SSSR count). The van der Waals surface area contributed by atoms with Crippen LogP contribution in [0.3, 0.4) is 0 Å². The van der Waals surface area contributed by atoms with Crippen LogP contribution in [-0.4, -0.2) is 26.2 Å². The van der Waals surface area contributed by atoms with Crippen molar-refractivity contribution in [3.63, 3.8) is 0 Å². The standard InChI is InChI=1S/C11H12FNO2S2/c1-17(14,15)5-4-16-8-9-2-3-11(12)10(6-9)7-13/h2-3,6H,4-5,8H2,1H3. The molecule has 0 aliphatic carbocycles. The van der Waals surface area contributed by atoms with Gasteiger partial charge in [-0.3, -0.25) is 0 Å². The zero-order chi connectivity index (χ0) is 12.9. The van der Waals surface area contributed by atoms with E-state index in [-0.39, 0.29) is 11.3 Å². The third-order valence-corrected chi connectivity index (χ3v) is 4.25. The fraction of sp³-hybridized carbons (Fsp3) is 0.364. The molecule has 1 aromatic rings. The fourth-order valence-electron chi connectivity index (χ4n) is 1.15. The number of halogens is 1. The minimum atomic E-state index is -2.93. The highest BCUT2D eigenvalue weighted by Gasteiger charge is 2.04. The van der Waals surface area contributed by atoms with Gasteiger partial charge in [0.15, 0.2) is 0 Å². The van der Waals surface area contributed by atoms with Crippen molar-refractivity contribution in [2.75, 3.05) is 17.8 Å². The smallest absolute Gasteiger partial charge is 0.148 e. The zero-order valence-electron chi connectivity index (χ0n) is 9.31. The van der Waals surface area contributed by atoms with Gasteiger partial charge in [-0.2, -0.15) is 17.0 Å². The van der Waals surface area contributed by atoms with Crippen LogP contribution < -0.4 is 0 Å². The Labute approximate surface area is 105 Å². The summed E-state index contributed by atoms with van der Waals surface area (Å²) < 4.78 is 34.8. The van der Waals surface area contributed by atoms with Crippen molar-refractivity contribution >= 4 is 21.6 Å². The van der Waals surface area contributed by atoms with Crippen LogP contribution in [0.2, 0.25) is 0 Å². The number of benzene rings is 1. The van der Waals surface area contributed by atoms with Gasteiger partial charge >= 0.3 is 0 Å². The average molecular weight is 273 g/mol. The quantitative estimate of drug-likeness (QED) is 0.770. The van der Waals surface area contributed by atoms with E-state index in [1.165, 1.54) is 30.2 Å². The summed E-state index contributed by atoms with van der Waals surface area (Å²) in [5, 5.41) is 8.65. The normalized spacial score (nSPS) is 11.1. The van der Waals surface area contributed by atoms with E-state index < -0.39 is 15.7 Å². The molecule has 0 saturated carbocycles. The molecule has 3 nitrogen and oxygen atoms in total. The Hall–Kier alpha value is -1.06. The van der Waals surface area contributed by atoms with Gasteiger partial charge < -0.3 is 0 Å². The molecule has 0 atom stereocenters. The van der Waals surface area contributed by atoms with Crippen molar-refractivity contribution in [3.05, 3.63) is 35.1 Å². The van der Waals surface area contributed by atoms with E-state index >= 15 is 0 Å². The first-order valence-corrected chi connectivity index (χ1v) is 8.08. The third-order valence-electron chi connectivity index (χ3n) is 2.02. The highest BCUT2D eigenvalue weighted by molar-refractivity contribution is 7.99. The molecular weight excluding hydrogens is 261 g/mol. The molecule has 0 saturated heterocycles. The third kappa shape index (κ3) is 5.20. The number of rotatable bonds is 5. The molecule has 0 amide bonds. The number of nitriles is 1. The van der Waals surface area contributed by atoms with Gasteiger partial charge in [0.25, 0.3) is 0 Å². The van der Waals surface area contributed by atoms with Gasteiger partial charge in [-0.25, -0.2) is 12.8 Å². The highest BCUT2D eigenvalue weighted by Crippen LogP contribution is 2.15. The number of hydrogen-bond donors (Lipinski definition) is 0. The summed E-state index contributed by atoms with van der Waals surface area (Å²) in [6, 6.07) is 6.11. The van der Waals surface area contributed by atoms with Crippen LogP contribution in [0.15, 0.2) is 18.2 Å². The summed E-state index contributed by atoms with van der Waals surface area (Å²) in [5.74, 6) is 0.671. The Morgan fingerprint density at radius 2 is 2.18 bits per heavy atom. The predicted octanol–water partition coefficient (Wildman–Crippen LogP) is 1.98. The lowest BCUT2D eigenvalue weighted by Crippen LogP contribution is -2.05. The summed E-state index contributed by atoms with van der Waals surface area (Å²) in [4.78, 5) is 0. The Morgan fingerprint density at radius 1 is 1.47 bits per heavy atom. The maximum Gasteiger partial charge on any atom is 0.148 e. The van der Waals surface area contributed by atoms with E-state index in [0.717, 1.165) is 5.56 Å². The van der Waals surface area contributed by atoms with Crippen molar-refractivity contribution < 1.29 is 12.8 Å². The first-order valence-electron chi connectivity index (χ1n) is 4.86. The van der Waals surface area contributed by atoms with Gasteiger partial charge in [-0.1, -0.05) is 6.07 Å². The first-order chi connectivity index (χ1) is 7.92. The minimum absolute atomic E-state index is 0.0196. The Bertz CT molecular complexity index is 535. The van der Waals surface area contributed by atoms with E-state index in [2.05, 4.69) is 0 Å². The molecule has 0 unspecified atom stereocenters. The molecule has 0 radical (unpaired) electrons. The lowest BCUT2D eigenvalue weighted by atomic mass is 10.1. The van der Waals surface area contributed by atoms with Crippen molar-refractivity contribution in [1.82, 2.24) is 0 Å². The number of thioether (sulfide) groups is 1. The molecule has 0 aliphatic heterocycles. The number of nitrogens with zero attached hydrogens (tertiary/aromatic N) is 1. The number of sulfone groups is 1. The van der Waals surface area contributed by atoms with Gasteiger partial charge in [0.05, 0.1) is 11.3 Å². The Kier molecular flexibility index (Phi) is 4.97. The molecule has 0 aromatic heterocycles. The summed E-state index contributed by atoms with van der Waals surface area (Å²) in [7, 11) is -2.93. The molecule has 92 valence electrons. The number of hydrogen-bond acceptors (Lipinski definition) is 4. The second-order valence-corrected chi connectivity index (χ2v) is 6.97. The fourth-order valence-corrected chi connectivity index (χ4v) is 3.39. The van der Waals surface area contributed by atoms with E-state index in [0.29, 0.717) is 11.5 Å². The van der Waals surface area contributed by atoms with Gasteiger partial charge in [0.1, 0.15) is 21.7 Å². The Balaban J connectivity index is 2.51. The molecular formula is C11H12FNO2S2. The van der Waals surface area contributed by atoms with Gasteiger partial charge in [-0.05, 0) is 17.7 Å². The van der Waals surface area contributed by atoms with Crippen LogP contribution in [0.25, 0.3) is 0 Å². The molecule has 0 spiro atoms. The SMILES string of the molecule is CS(=O)(=O)CCSCc1ccc(F)c(C#N)c1. The second kappa shape index (κ2) is 6.03. The molecule has 1 aromatic carbocycles. The van der Waals surface area contributed by atoms with Crippen molar-refractivity contribution in [1.29, 1.82) is 5.26 Å². The lowest BCUT2D eigenvalue weighted by Gasteiger charge is -2.02. The van der Waals surface area contributed by atoms with Gasteiger partial charge in [-0.15, -0.1) is 0 Å². The van der Waals surface area contributed by atoms with Crippen LogP contribution in [0.1, 0.15) is 11.1 Å². The largest absolute Gasteiger partial charge is 0.229 e. The van der Waals surface area contributed by atoms with Crippen LogP contribution in [0, 0.1) is 17.1 Å². The van der Waals surface area contributed by atoms with E-state index in [4.69, 9.17) is 5.26 Å². The predicted molar refractivity (Wildman–Crippen MR) is 67.0 cm³/mol. The van der Waals surface area contributed by atoms with E-state index in [9.17, 15) is 12.8 Å². The molecule has 0 heterocycles. The summed E-state index contributed by atoms with van der Waals surface area (Å²) in [6.07, 6.45) is 1.19. The lowest BCUT2D eigenvalue weighted by molar-refractivity contribution is 0.603. The first kappa shape index (κ1) is 14.0. The van der Waals surface area contributed by atoms with Crippen LogP contribution in [0.4, 0.5) is 4.39 Å². The molecule has 0 aliphatic rings. The van der Waals surface area contributed by atoms with Gasteiger partial charge in [0, 0.05) is 17.8 Å².